The molecular weight excluding hydrogens is 306 g/mol. The standard InChI is InChI=1S/C17H14F2O4/c1-22-17(21)7-4-12-3-2-11(8-15(12)20)10-23-16-9-13(18)5-6-14(16)19/h2-9,20H,10H2,1H3. The molecule has 0 aliphatic rings. The number of hydrogen-bond acceptors (Lipinski definition) is 4. The van der Waals surface area contributed by atoms with Gasteiger partial charge in [0.2, 0.25) is 0 Å². The largest absolute Gasteiger partial charge is 0.507 e. The molecule has 23 heavy (non-hydrogen) atoms. The lowest BCUT2D eigenvalue weighted by Crippen LogP contribution is -1.98. The molecular formula is C17H14F2O4. The van der Waals surface area contributed by atoms with Crippen LogP contribution in [0.5, 0.6) is 11.5 Å². The average Bonchev–Trinajstić information content (AvgIpc) is 2.54. The molecule has 0 atom stereocenters. The maximum absolute atomic E-state index is 13.4. The van der Waals surface area contributed by atoms with Gasteiger partial charge in [-0.3, -0.25) is 0 Å². The Bertz CT molecular complexity index is 741. The van der Waals surface area contributed by atoms with Gasteiger partial charge >= 0.3 is 5.97 Å². The van der Waals surface area contributed by atoms with E-state index in [-0.39, 0.29) is 18.1 Å². The molecule has 2 aromatic carbocycles. The second-order valence-corrected chi connectivity index (χ2v) is 4.61. The first-order valence-electron chi connectivity index (χ1n) is 6.65. The van der Waals surface area contributed by atoms with Gasteiger partial charge in [0.15, 0.2) is 11.6 Å². The zero-order valence-electron chi connectivity index (χ0n) is 12.3. The highest BCUT2D eigenvalue weighted by Crippen LogP contribution is 2.23. The van der Waals surface area contributed by atoms with Crippen LogP contribution in [0.2, 0.25) is 0 Å². The smallest absolute Gasteiger partial charge is 0.330 e. The minimum atomic E-state index is -0.673. The van der Waals surface area contributed by atoms with E-state index in [9.17, 15) is 18.7 Å². The minimum absolute atomic E-state index is 0.0467. The highest BCUT2D eigenvalue weighted by Gasteiger charge is 2.07. The van der Waals surface area contributed by atoms with E-state index in [1.165, 1.54) is 25.3 Å². The summed E-state index contributed by atoms with van der Waals surface area (Å²) in [6, 6.07) is 7.53. The Labute approximate surface area is 131 Å². The van der Waals surface area contributed by atoms with Crippen molar-refractivity contribution in [2.75, 3.05) is 7.11 Å². The molecule has 0 saturated carbocycles. The molecule has 0 heterocycles. The quantitative estimate of drug-likeness (QED) is 0.677. The van der Waals surface area contributed by atoms with Crippen LogP contribution in [-0.4, -0.2) is 18.2 Å². The fourth-order valence-corrected chi connectivity index (χ4v) is 1.79. The topological polar surface area (TPSA) is 55.8 Å². The van der Waals surface area contributed by atoms with Gasteiger partial charge in [-0.2, -0.15) is 0 Å². The van der Waals surface area contributed by atoms with Crippen molar-refractivity contribution in [1.82, 2.24) is 0 Å². The predicted molar refractivity (Wildman–Crippen MR) is 79.8 cm³/mol. The third-order valence-electron chi connectivity index (χ3n) is 2.98. The summed E-state index contributed by atoms with van der Waals surface area (Å²) in [6.45, 7) is -0.0467. The number of esters is 1. The van der Waals surface area contributed by atoms with Crippen molar-refractivity contribution in [2.45, 2.75) is 6.61 Å². The molecule has 0 saturated heterocycles. The van der Waals surface area contributed by atoms with Gasteiger partial charge in [0.25, 0.3) is 0 Å². The van der Waals surface area contributed by atoms with E-state index in [0.29, 0.717) is 11.1 Å². The van der Waals surface area contributed by atoms with Crippen LogP contribution < -0.4 is 4.74 Å². The Morgan fingerprint density at radius 2 is 2.00 bits per heavy atom. The summed E-state index contributed by atoms with van der Waals surface area (Å²) >= 11 is 0. The lowest BCUT2D eigenvalue weighted by atomic mass is 10.1. The van der Waals surface area contributed by atoms with Crippen LogP contribution in [-0.2, 0) is 16.1 Å². The van der Waals surface area contributed by atoms with Crippen LogP contribution >= 0.6 is 0 Å². The fraction of sp³-hybridized carbons (Fsp3) is 0.118. The Balaban J connectivity index is 2.07. The highest BCUT2D eigenvalue weighted by atomic mass is 19.1. The molecule has 120 valence electrons. The van der Waals surface area contributed by atoms with Crippen LogP contribution in [0, 0.1) is 11.6 Å². The highest BCUT2D eigenvalue weighted by molar-refractivity contribution is 5.87. The molecule has 0 radical (unpaired) electrons. The molecule has 0 amide bonds. The number of aromatic hydroxyl groups is 1. The van der Waals surface area contributed by atoms with E-state index < -0.39 is 17.6 Å². The van der Waals surface area contributed by atoms with Crippen molar-refractivity contribution in [3.8, 4) is 11.5 Å². The van der Waals surface area contributed by atoms with Gasteiger partial charge in [-0.1, -0.05) is 12.1 Å². The molecule has 0 spiro atoms. The number of hydrogen-bond donors (Lipinski definition) is 1. The molecule has 0 bridgehead atoms. The SMILES string of the molecule is COC(=O)C=Cc1ccc(COc2cc(F)ccc2F)cc1O. The molecule has 2 aromatic rings. The number of methoxy groups -OCH3 is 1. The monoisotopic (exact) mass is 320 g/mol. The first-order chi connectivity index (χ1) is 11.0. The third kappa shape index (κ3) is 4.54. The zero-order valence-corrected chi connectivity index (χ0v) is 12.3. The summed E-state index contributed by atoms with van der Waals surface area (Å²) in [7, 11) is 1.25. The number of halogens is 2. The number of phenolic OH excluding ortho intramolecular Hbond substituents is 1. The number of phenols is 1. The van der Waals surface area contributed by atoms with Gasteiger partial charge in [-0.15, -0.1) is 0 Å². The van der Waals surface area contributed by atoms with E-state index >= 15 is 0 Å². The van der Waals surface area contributed by atoms with Gasteiger partial charge in [0, 0.05) is 17.7 Å². The number of carbonyl (C=O) groups is 1. The molecule has 0 unspecified atom stereocenters. The third-order valence-corrected chi connectivity index (χ3v) is 2.98. The van der Waals surface area contributed by atoms with Crippen molar-refractivity contribution in [1.29, 1.82) is 0 Å². The summed E-state index contributed by atoms with van der Waals surface area (Å²) in [5.41, 5.74) is 0.970. The lowest BCUT2D eigenvalue weighted by molar-refractivity contribution is -0.134. The van der Waals surface area contributed by atoms with Crippen molar-refractivity contribution < 1.29 is 28.2 Å². The van der Waals surface area contributed by atoms with E-state index in [4.69, 9.17) is 4.74 Å². The maximum Gasteiger partial charge on any atom is 0.330 e. The fourth-order valence-electron chi connectivity index (χ4n) is 1.79. The average molecular weight is 320 g/mol. The van der Waals surface area contributed by atoms with E-state index in [2.05, 4.69) is 4.74 Å². The van der Waals surface area contributed by atoms with Crippen LogP contribution in [0.15, 0.2) is 42.5 Å². The molecule has 1 N–H and O–H groups in total. The molecule has 0 aromatic heterocycles. The second kappa shape index (κ2) is 7.40. The summed E-state index contributed by atoms with van der Waals surface area (Å²) < 4.78 is 36.1. The number of carbonyl (C=O) groups excluding carboxylic acids is 1. The van der Waals surface area contributed by atoms with Crippen molar-refractivity contribution in [3.63, 3.8) is 0 Å². The van der Waals surface area contributed by atoms with Gasteiger partial charge in [0.1, 0.15) is 18.2 Å². The van der Waals surface area contributed by atoms with E-state index in [1.807, 2.05) is 0 Å². The minimum Gasteiger partial charge on any atom is -0.507 e. The van der Waals surface area contributed by atoms with E-state index in [1.54, 1.807) is 12.1 Å². The normalized spacial score (nSPS) is 10.7. The summed E-state index contributed by atoms with van der Waals surface area (Å²) in [5.74, 6) is -2.11. The lowest BCUT2D eigenvalue weighted by Gasteiger charge is -2.08. The van der Waals surface area contributed by atoms with Crippen molar-refractivity contribution in [3.05, 3.63) is 65.2 Å². The van der Waals surface area contributed by atoms with Crippen LogP contribution in [0.25, 0.3) is 6.08 Å². The van der Waals surface area contributed by atoms with Gasteiger partial charge in [-0.25, -0.2) is 13.6 Å². The number of ether oxygens (including phenoxy) is 2. The van der Waals surface area contributed by atoms with E-state index in [0.717, 1.165) is 18.2 Å². The zero-order chi connectivity index (χ0) is 16.8. The van der Waals surface area contributed by atoms with Crippen molar-refractivity contribution in [2.24, 2.45) is 0 Å². The Kier molecular flexibility index (Phi) is 5.30. The van der Waals surface area contributed by atoms with Crippen molar-refractivity contribution >= 4 is 12.0 Å². The molecule has 6 heteroatoms. The van der Waals surface area contributed by atoms with Crippen LogP contribution in [0.3, 0.4) is 0 Å². The summed E-state index contributed by atoms with van der Waals surface area (Å²) in [4.78, 5) is 11.0. The molecule has 2 rings (SSSR count). The summed E-state index contributed by atoms with van der Waals surface area (Å²) in [6.07, 6.45) is 2.57. The predicted octanol–water partition coefficient (Wildman–Crippen LogP) is 3.44. The molecule has 0 aliphatic heterocycles. The Morgan fingerprint density at radius 3 is 2.70 bits per heavy atom. The first-order valence-corrected chi connectivity index (χ1v) is 6.65. The Hall–Kier alpha value is -2.89. The maximum atomic E-state index is 13.4. The number of benzene rings is 2. The van der Waals surface area contributed by atoms with Gasteiger partial charge < -0.3 is 14.6 Å². The second-order valence-electron chi connectivity index (χ2n) is 4.61. The molecule has 0 aliphatic carbocycles. The first kappa shape index (κ1) is 16.5. The Morgan fingerprint density at radius 1 is 1.22 bits per heavy atom. The van der Waals surface area contributed by atoms with Crippen LogP contribution in [0.4, 0.5) is 8.78 Å². The van der Waals surface area contributed by atoms with Gasteiger partial charge in [0.05, 0.1) is 7.11 Å². The summed E-state index contributed by atoms with van der Waals surface area (Å²) in [5, 5.41) is 9.88. The molecule has 4 nitrogen and oxygen atoms in total. The van der Waals surface area contributed by atoms with Crippen LogP contribution in [0.1, 0.15) is 11.1 Å². The molecule has 0 fully saturated rings. The number of rotatable bonds is 5. The van der Waals surface area contributed by atoms with Gasteiger partial charge in [-0.05, 0) is 29.8 Å².